The largest absolute Gasteiger partial charge is 0.344 e. The molecule has 3 N–H and O–H groups in total. The molecule has 1 unspecified atom stereocenters. The van der Waals surface area contributed by atoms with Crippen LogP contribution in [-0.2, 0) is 4.79 Å². The number of rotatable bonds is 3. The molecule has 3 heteroatoms. The van der Waals surface area contributed by atoms with Crippen molar-refractivity contribution in [2.75, 3.05) is 6.54 Å². The molecule has 0 spiro atoms. The van der Waals surface area contributed by atoms with E-state index in [0.29, 0.717) is 5.92 Å². The van der Waals surface area contributed by atoms with Gasteiger partial charge in [0.15, 0.2) is 0 Å². The summed E-state index contributed by atoms with van der Waals surface area (Å²) in [4.78, 5) is 11.4. The molecule has 1 fully saturated rings. The Bertz CT molecular complexity index is 223. The van der Waals surface area contributed by atoms with E-state index in [1.165, 1.54) is 0 Å². The van der Waals surface area contributed by atoms with Crippen molar-refractivity contribution in [1.29, 1.82) is 0 Å². The average molecular weight is 166 g/mol. The van der Waals surface area contributed by atoms with Crippen LogP contribution in [-0.4, -0.2) is 18.0 Å². The van der Waals surface area contributed by atoms with Crippen LogP contribution in [0.4, 0.5) is 0 Å². The Balaban J connectivity index is 2.44. The molecule has 0 radical (unpaired) electrons. The van der Waals surface area contributed by atoms with E-state index >= 15 is 0 Å². The third-order valence-electron chi connectivity index (χ3n) is 2.27. The third kappa shape index (κ3) is 1.77. The van der Waals surface area contributed by atoms with Crippen LogP contribution in [0, 0.1) is 18.3 Å². The second-order valence-electron chi connectivity index (χ2n) is 3.44. The SMILES string of the molecule is C#CCNC(=O)C(C)(N)C1CC1. The van der Waals surface area contributed by atoms with Crippen molar-refractivity contribution in [2.24, 2.45) is 11.7 Å². The first-order valence-corrected chi connectivity index (χ1v) is 4.09. The van der Waals surface area contributed by atoms with Crippen LogP contribution in [0.25, 0.3) is 0 Å². The number of carbonyl (C=O) groups is 1. The molecule has 0 aromatic heterocycles. The fraction of sp³-hybridized carbons (Fsp3) is 0.667. The summed E-state index contributed by atoms with van der Waals surface area (Å²) in [5, 5.41) is 2.59. The molecule has 0 aromatic carbocycles. The lowest BCUT2D eigenvalue weighted by atomic mass is 9.96. The number of nitrogens with two attached hydrogens (primary N) is 1. The van der Waals surface area contributed by atoms with E-state index in [1.54, 1.807) is 6.92 Å². The van der Waals surface area contributed by atoms with Gasteiger partial charge in [-0.15, -0.1) is 6.42 Å². The van der Waals surface area contributed by atoms with Gasteiger partial charge in [-0.25, -0.2) is 0 Å². The number of hydrogen-bond acceptors (Lipinski definition) is 2. The topological polar surface area (TPSA) is 55.1 Å². The number of amides is 1. The molecule has 1 atom stereocenters. The van der Waals surface area contributed by atoms with Crippen molar-refractivity contribution in [1.82, 2.24) is 5.32 Å². The molecule has 3 nitrogen and oxygen atoms in total. The zero-order chi connectivity index (χ0) is 9.19. The Morgan fingerprint density at radius 3 is 2.83 bits per heavy atom. The van der Waals surface area contributed by atoms with Crippen molar-refractivity contribution in [3.05, 3.63) is 0 Å². The standard InChI is InChI=1S/C9H14N2O/c1-3-6-11-8(12)9(2,10)7-4-5-7/h1,7H,4-6,10H2,2H3,(H,11,12). The van der Waals surface area contributed by atoms with Gasteiger partial charge in [0.1, 0.15) is 0 Å². The fourth-order valence-electron chi connectivity index (χ4n) is 1.19. The maximum Gasteiger partial charge on any atom is 0.240 e. The molecular weight excluding hydrogens is 152 g/mol. The molecule has 1 saturated carbocycles. The van der Waals surface area contributed by atoms with Gasteiger partial charge in [0.05, 0.1) is 12.1 Å². The van der Waals surface area contributed by atoms with Crippen molar-refractivity contribution >= 4 is 5.91 Å². The number of terminal acetylenes is 1. The Hall–Kier alpha value is -1.01. The summed E-state index contributed by atoms with van der Waals surface area (Å²) in [6.07, 6.45) is 7.11. The van der Waals surface area contributed by atoms with Gasteiger partial charge in [-0.1, -0.05) is 5.92 Å². The van der Waals surface area contributed by atoms with E-state index in [9.17, 15) is 4.79 Å². The average Bonchev–Trinajstić information content (AvgIpc) is 2.81. The monoisotopic (exact) mass is 166 g/mol. The first-order valence-electron chi connectivity index (χ1n) is 4.09. The lowest BCUT2D eigenvalue weighted by molar-refractivity contribution is -0.126. The Labute approximate surface area is 72.7 Å². The van der Waals surface area contributed by atoms with Crippen LogP contribution in [0.3, 0.4) is 0 Å². The Morgan fingerprint density at radius 2 is 2.42 bits per heavy atom. The highest BCUT2D eigenvalue weighted by Gasteiger charge is 2.43. The first kappa shape index (κ1) is 9.08. The molecule has 0 heterocycles. The zero-order valence-electron chi connectivity index (χ0n) is 7.26. The Morgan fingerprint density at radius 1 is 1.83 bits per heavy atom. The van der Waals surface area contributed by atoms with Crippen LogP contribution in [0.2, 0.25) is 0 Å². The molecule has 66 valence electrons. The lowest BCUT2D eigenvalue weighted by Crippen LogP contribution is -2.53. The van der Waals surface area contributed by atoms with Gasteiger partial charge in [-0.2, -0.15) is 0 Å². The summed E-state index contributed by atoms with van der Waals surface area (Å²) in [7, 11) is 0. The second kappa shape index (κ2) is 3.16. The molecule has 0 aliphatic heterocycles. The van der Waals surface area contributed by atoms with Crippen LogP contribution in [0.5, 0.6) is 0 Å². The number of carbonyl (C=O) groups excluding carboxylic acids is 1. The minimum absolute atomic E-state index is 0.136. The van der Waals surface area contributed by atoms with Gasteiger partial charge in [0.2, 0.25) is 5.91 Å². The van der Waals surface area contributed by atoms with E-state index in [-0.39, 0.29) is 12.5 Å². The summed E-state index contributed by atoms with van der Waals surface area (Å²) >= 11 is 0. The zero-order valence-corrected chi connectivity index (χ0v) is 7.26. The van der Waals surface area contributed by atoms with E-state index in [2.05, 4.69) is 11.2 Å². The van der Waals surface area contributed by atoms with Crippen molar-refractivity contribution < 1.29 is 4.79 Å². The van der Waals surface area contributed by atoms with Crippen molar-refractivity contribution in [2.45, 2.75) is 25.3 Å². The Kier molecular flexibility index (Phi) is 2.39. The maximum atomic E-state index is 11.4. The quantitative estimate of drug-likeness (QED) is 0.573. The molecule has 1 aliphatic carbocycles. The van der Waals surface area contributed by atoms with Gasteiger partial charge in [-0.3, -0.25) is 4.79 Å². The number of nitrogens with one attached hydrogen (secondary N) is 1. The highest BCUT2D eigenvalue weighted by atomic mass is 16.2. The maximum absolute atomic E-state index is 11.4. The van der Waals surface area contributed by atoms with Crippen LogP contribution in [0.15, 0.2) is 0 Å². The lowest BCUT2D eigenvalue weighted by Gasteiger charge is -2.22. The van der Waals surface area contributed by atoms with Gasteiger partial charge < -0.3 is 11.1 Å². The predicted octanol–water partition coefficient (Wildman–Crippen LogP) is -0.137. The van der Waals surface area contributed by atoms with Gasteiger partial charge in [0, 0.05) is 0 Å². The molecule has 0 aromatic rings. The van der Waals surface area contributed by atoms with E-state index in [0.717, 1.165) is 12.8 Å². The van der Waals surface area contributed by atoms with Crippen LogP contribution < -0.4 is 11.1 Å². The van der Waals surface area contributed by atoms with Gasteiger partial charge in [0.25, 0.3) is 0 Å². The fourth-order valence-corrected chi connectivity index (χ4v) is 1.19. The summed E-state index contributed by atoms with van der Waals surface area (Å²) < 4.78 is 0. The summed E-state index contributed by atoms with van der Waals surface area (Å²) in [5.74, 6) is 2.55. The molecule has 12 heavy (non-hydrogen) atoms. The minimum Gasteiger partial charge on any atom is -0.344 e. The molecule has 1 aliphatic rings. The summed E-state index contributed by atoms with van der Waals surface area (Å²) in [6.45, 7) is 2.02. The normalized spacial score (nSPS) is 20.8. The first-order chi connectivity index (χ1) is 5.59. The predicted molar refractivity (Wildman–Crippen MR) is 47.2 cm³/mol. The van der Waals surface area contributed by atoms with Crippen molar-refractivity contribution in [3.8, 4) is 12.3 Å². The molecule has 0 saturated heterocycles. The number of hydrogen-bond donors (Lipinski definition) is 2. The van der Waals surface area contributed by atoms with E-state index in [4.69, 9.17) is 12.2 Å². The molecule has 1 rings (SSSR count). The van der Waals surface area contributed by atoms with Crippen LogP contribution in [0.1, 0.15) is 19.8 Å². The minimum atomic E-state index is -0.725. The van der Waals surface area contributed by atoms with Crippen molar-refractivity contribution in [3.63, 3.8) is 0 Å². The second-order valence-corrected chi connectivity index (χ2v) is 3.44. The molecular formula is C9H14N2O. The van der Waals surface area contributed by atoms with E-state index in [1.807, 2.05) is 0 Å². The third-order valence-corrected chi connectivity index (χ3v) is 2.27. The van der Waals surface area contributed by atoms with Gasteiger partial charge in [-0.05, 0) is 25.7 Å². The molecule has 1 amide bonds. The summed E-state index contributed by atoms with van der Waals surface area (Å²) in [5.41, 5.74) is 5.10. The summed E-state index contributed by atoms with van der Waals surface area (Å²) in [6, 6.07) is 0. The highest BCUT2D eigenvalue weighted by molar-refractivity contribution is 5.86. The molecule has 0 bridgehead atoms. The highest BCUT2D eigenvalue weighted by Crippen LogP contribution is 2.37. The smallest absolute Gasteiger partial charge is 0.240 e. The van der Waals surface area contributed by atoms with E-state index < -0.39 is 5.54 Å². The van der Waals surface area contributed by atoms with Gasteiger partial charge >= 0.3 is 0 Å². The van der Waals surface area contributed by atoms with Crippen LogP contribution >= 0.6 is 0 Å².